The monoisotopic (exact) mass is 433 g/mol. The molecule has 0 N–H and O–H groups in total. The van der Waals surface area contributed by atoms with E-state index < -0.39 is 17.3 Å². The van der Waals surface area contributed by atoms with E-state index in [0.717, 1.165) is 18.0 Å². The van der Waals surface area contributed by atoms with E-state index in [2.05, 4.69) is 21.1 Å². The lowest BCUT2D eigenvalue weighted by atomic mass is 9.83. The van der Waals surface area contributed by atoms with E-state index in [4.69, 9.17) is 0 Å². The van der Waals surface area contributed by atoms with E-state index in [1.54, 1.807) is 29.1 Å². The van der Waals surface area contributed by atoms with Crippen LogP contribution in [0.2, 0.25) is 0 Å². The highest BCUT2D eigenvalue weighted by molar-refractivity contribution is 5.60. The SMILES string of the molecule is CC(C)(c1cccc(-c2ccnc(C(F)(F)F)c2)n1)c1nn(-c2ccccc2)cc1C#N. The van der Waals surface area contributed by atoms with Gasteiger partial charge in [0.2, 0.25) is 0 Å². The molecule has 0 bridgehead atoms. The molecular formula is C24H18F3N5. The van der Waals surface area contributed by atoms with Gasteiger partial charge in [0.1, 0.15) is 11.8 Å². The summed E-state index contributed by atoms with van der Waals surface area (Å²) in [6.07, 6.45) is -1.76. The molecule has 0 saturated heterocycles. The zero-order valence-corrected chi connectivity index (χ0v) is 17.3. The van der Waals surface area contributed by atoms with Gasteiger partial charge < -0.3 is 0 Å². The number of rotatable bonds is 4. The number of hydrogen-bond acceptors (Lipinski definition) is 4. The Balaban J connectivity index is 1.77. The molecule has 3 heterocycles. The standard InChI is InChI=1S/C24H18F3N5/c1-23(2,22-17(14-28)15-32(31-22)18-7-4-3-5-8-18)20-10-6-9-19(30-20)16-11-12-29-21(13-16)24(25,26)27/h3-13,15H,1-2H3. The van der Waals surface area contributed by atoms with E-state index in [9.17, 15) is 18.4 Å². The molecule has 0 spiro atoms. The fourth-order valence-corrected chi connectivity index (χ4v) is 3.44. The maximum absolute atomic E-state index is 13.1. The lowest BCUT2D eigenvalue weighted by Gasteiger charge is -2.23. The van der Waals surface area contributed by atoms with Crippen molar-refractivity contribution in [3.8, 4) is 23.0 Å². The Bertz CT molecular complexity index is 1300. The average molecular weight is 433 g/mol. The molecule has 5 nitrogen and oxygen atoms in total. The molecule has 8 heteroatoms. The summed E-state index contributed by atoms with van der Waals surface area (Å²) in [5.74, 6) is 0. The second-order valence-electron chi connectivity index (χ2n) is 7.74. The van der Waals surface area contributed by atoms with Crippen LogP contribution in [-0.2, 0) is 11.6 Å². The van der Waals surface area contributed by atoms with Gasteiger partial charge >= 0.3 is 6.18 Å². The molecule has 0 aliphatic heterocycles. The molecule has 1 aromatic carbocycles. The van der Waals surface area contributed by atoms with E-state index >= 15 is 0 Å². The highest BCUT2D eigenvalue weighted by Crippen LogP contribution is 2.34. The summed E-state index contributed by atoms with van der Waals surface area (Å²) in [4.78, 5) is 8.03. The van der Waals surface area contributed by atoms with Crippen molar-refractivity contribution in [2.75, 3.05) is 0 Å². The topological polar surface area (TPSA) is 67.4 Å². The third-order valence-corrected chi connectivity index (χ3v) is 5.18. The first-order chi connectivity index (χ1) is 15.2. The number of nitrogens with zero attached hydrogens (tertiary/aromatic N) is 5. The van der Waals surface area contributed by atoms with Crippen LogP contribution in [0.25, 0.3) is 16.9 Å². The van der Waals surface area contributed by atoms with Crippen LogP contribution in [0.15, 0.2) is 73.1 Å². The Morgan fingerprint density at radius 2 is 1.69 bits per heavy atom. The number of hydrogen-bond donors (Lipinski definition) is 0. The number of para-hydroxylation sites is 1. The third kappa shape index (κ3) is 3.97. The highest BCUT2D eigenvalue weighted by Gasteiger charge is 2.33. The second-order valence-corrected chi connectivity index (χ2v) is 7.74. The summed E-state index contributed by atoms with van der Waals surface area (Å²) in [7, 11) is 0. The third-order valence-electron chi connectivity index (χ3n) is 5.18. The van der Waals surface area contributed by atoms with Crippen molar-refractivity contribution in [1.82, 2.24) is 19.7 Å². The molecule has 160 valence electrons. The first-order valence-electron chi connectivity index (χ1n) is 9.77. The van der Waals surface area contributed by atoms with Crippen LogP contribution in [0.4, 0.5) is 13.2 Å². The number of nitriles is 1. The van der Waals surface area contributed by atoms with Gasteiger partial charge in [0.05, 0.1) is 33.7 Å². The minimum absolute atomic E-state index is 0.306. The van der Waals surface area contributed by atoms with Gasteiger partial charge in [0.15, 0.2) is 0 Å². The maximum Gasteiger partial charge on any atom is 0.433 e. The molecular weight excluding hydrogens is 415 g/mol. The fraction of sp³-hybridized carbons (Fsp3) is 0.167. The first kappa shape index (κ1) is 21.2. The molecule has 4 rings (SSSR count). The van der Waals surface area contributed by atoms with Crippen molar-refractivity contribution in [3.63, 3.8) is 0 Å². The van der Waals surface area contributed by atoms with Gasteiger partial charge in [-0.3, -0.25) is 9.97 Å². The number of benzene rings is 1. The molecule has 0 aliphatic carbocycles. The smallest absolute Gasteiger partial charge is 0.252 e. The Hall–Kier alpha value is -3.99. The van der Waals surface area contributed by atoms with Crippen molar-refractivity contribution in [3.05, 3.63) is 95.7 Å². The highest BCUT2D eigenvalue weighted by atomic mass is 19.4. The minimum Gasteiger partial charge on any atom is -0.252 e. The van der Waals surface area contributed by atoms with Crippen molar-refractivity contribution in [2.24, 2.45) is 0 Å². The van der Waals surface area contributed by atoms with E-state index in [-0.39, 0.29) is 0 Å². The van der Waals surface area contributed by atoms with E-state index in [1.807, 2.05) is 44.2 Å². The molecule has 4 aromatic rings. The predicted octanol–water partition coefficient (Wildman–Crippen LogP) is 5.55. The van der Waals surface area contributed by atoms with Gasteiger partial charge in [-0.05, 0) is 50.2 Å². The number of pyridine rings is 2. The molecule has 0 unspecified atom stereocenters. The summed E-state index contributed by atoms with van der Waals surface area (Å²) >= 11 is 0. The van der Waals surface area contributed by atoms with Crippen LogP contribution in [0.3, 0.4) is 0 Å². The van der Waals surface area contributed by atoms with Crippen molar-refractivity contribution in [1.29, 1.82) is 5.26 Å². The molecule has 0 saturated carbocycles. The summed E-state index contributed by atoms with van der Waals surface area (Å²) in [5.41, 5.74) is 1.24. The lowest BCUT2D eigenvalue weighted by molar-refractivity contribution is -0.141. The van der Waals surface area contributed by atoms with Gasteiger partial charge in [0, 0.05) is 18.0 Å². The largest absolute Gasteiger partial charge is 0.433 e. The molecule has 0 aliphatic rings. The van der Waals surface area contributed by atoms with Crippen molar-refractivity contribution < 1.29 is 13.2 Å². The Kier molecular flexibility index (Phi) is 5.26. The number of aromatic nitrogens is 4. The average Bonchev–Trinajstić information content (AvgIpc) is 3.25. The quantitative estimate of drug-likeness (QED) is 0.423. The second kappa shape index (κ2) is 7.93. The molecule has 3 aromatic heterocycles. The molecule has 0 atom stereocenters. The van der Waals surface area contributed by atoms with E-state index in [0.29, 0.717) is 28.2 Å². The van der Waals surface area contributed by atoms with Gasteiger partial charge in [-0.1, -0.05) is 24.3 Å². The van der Waals surface area contributed by atoms with E-state index in [1.165, 1.54) is 6.07 Å². The predicted molar refractivity (Wildman–Crippen MR) is 113 cm³/mol. The number of alkyl halides is 3. The minimum atomic E-state index is -4.54. The van der Waals surface area contributed by atoms with Crippen LogP contribution in [-0.4, -0.2) is 19.7 Å². The van der Waals surface area contributed by atoms with Crippen molar-refractivity contribution >= 4 is 0 Å². The Morgan fingerprint density at radius 3 is 2.38 bits per heavy atom. The van der Waals surface area contributed by atoms with Crippen molar-refractivity contribution in [2.45, 2.75) is 25.4 Å². The zero-order chi connectivity index (χ0) is 22.9. The maximum atomic E-state index is 13.1. The van der Waals surface area contributed by atoms with Crippen LogP contribution in [0, 0.1) is 11.3 Å². The van der Waals surface area contributed by atoms with Gasteiger partial charge in [-0.25, -0.2) is 4.68 Å². The summed E-state index contributed by atoms with van der Waals surface area (Å²) in [5, 5.41) is 14.3. The lowest BCUT2D eigenvalue weighted by Crippen LogP contribution is -2.23. The summed E-state index contributed by atoms with van der Waals surface area (Å²) < 4.78 is 40.9. The fourth-order valence-electron chi connectivity index (χ4n) is 3.44. The molecule has 0 radical (unpaired) electrons. The van der Waals surface area contributed by atoms with Gasteiger partial charge in [-0.2, -0.15) is 23.5 Å². The van der Waals surface area contributed by atoms with Gasteiger partial charge in [-0.15, -0.1) is 0 Å². The van der Waals surface area contributed by atoms with Crippen LogP contribution in [0.1, 0.15) is 36.5 Å². The zero-order valence-electron chi connectivity index (χ0n) is 17.3. The van der Waals surface area contributed by atoms with Crippen LogP contribution >= 0.6 is 0 Å². The van der Waals surface area contributed by atoms with Crippen LogP contribution < -0.4 is 0 Å². The molecule has 0 fully saturated rings. The van der Waals surface area contributed by atoms with Gasteiger partial charge in [0.25, 0.3) is 0 Å². The Labute approximate surface area is 182 Å². The molecule has 32 heavy (non-hydrogen) atoms. The molecule has 0 amide bonds. The summed E-state index contributed by atoms with van der Waals surface area (Å²) in [6.45, 7) is 3.76. The first-order valence-corrected chi connectivity index (χ1v) is 9.77. The normalized spacial score (nSPS) is 11.9. The van der Waals surface area contributed by atoms with Crippen LogP contribution in [0.5, 0.6) is 0 Å². The summed E-state index contributed by atoms with van der Waals surface area (Å²) in [6, 6.07) is 19.2. The Morgan fingerprint density at radius 1 is 0.938 bits per heavy atom. The number of halogens is 3.